The van der Waals surface area contributed by atoms with E-state index in [1.54, 1.807) is 6.07 Å². The Bertz CT molecular complexity index is 540. The summed E-state index contributed by atoms with van der Waals surface area (Å²) >= 11 is 4.68. The zero-order chi connectivity index (χ0) is 13.1. The summed E-state index contributed by atoms with van der Waals surface area (Å²) in [6, 6.07) is 5.51. The zero-order valence-electron chi connectivity index (χ0n) is 10.2. The molecule has 18 heavy (non-hydrogen) atoms. The fourth-order valence-electron chi connectivity index (χ4n) is 1.46. The molecule has 0 atom stereocenters. The number of aromatic nitrogens is 1. The molecule has 0 bridgehead atoms. The molecule has 1 aromatic heterocycles. The van der Waals surface area contributed by atoms with Crippen LogP contribution in [-0.2, 0) is 6.54 Å². The van der Waals surface area contributed by atoms with Gasteiger partial charge in [0.25, 0.3) is 0 Å². The molecule has 0 aliphatic rings. The molecule has 0 saturated heterocycles. The topological polar surface area (TPSA) is 24.9 Å². The predicted octanol–water partition coefficient (Wildman–Crippen LogP) is 4.21. The molecule has 0 unspecified atom stereocenters. The molecule has 5 heteroatoms. The van der Waals surface area contributed by atoms with Gasteiger partial charge in [0.05, 0.1) is 10.2 Å². The molecule has 0 aliphatic heterocycles. The first-order valence-electron chi connectivity index (χ1n) is 5.69. The van der Waals surface area contributed by atoms with Crippen LogP contribution in [0.1, 0.15) is 19.5 Å². The van der Waals surface area contributed by atoms with Gasteiger partial charge in [0.15, 0.2) is 0 Å². The molecular weight excluding hydrogens is 315 g/mol. The van der Waals surface area contributed by atoms with Crippen molar-refractivity contribution < 1.29 is 4.39 Å². The van der Waals surface area contributed by atoms with Gasteiger partial charge >= 0.3 is 0 Å². The Hall–Kier alpha value is -0.780. The van der Waals surface area contributed by atoms with Crippen LogP contribution in [0.15, 0.2) is 28.1 Å². The van der Waals surface area contributed by atoms with E-state index in [2.05, 4.69) is 40.1 Å². The fourth-order valence-corrected chi connectivity index (χ4v) is 2.52. The minimum Gasteiger partial charge on any atom is -0.309 e. The zero-order valence-corrected chi connectivity index (χ0v) is 12.6. The standard InChI is InChI=1S/C13H14BrFN2S/c1-8(2)16-6-10-7-18-13(17-10)9-3-4-11(14)12(15)5-9/h3-5,7-8,16H,6H2,1-2H3. The monoisotopic (exact) mass is 328 g/mol. The van der Waals surface area contributed by atoms with Crippen LogP contribution in [0.25, 0.3) is 10.6 Å². The van der Waals surface area contributed by atoms with E-state index in [0.717, 1.165) is 22.8 Å². The molecule has 0 saturated carbocycles. The van der Waals surface area contributed by atoms with E-state index in [-0.39, 0.29) is 5.82 Å². The van der Waals surface area contributed by atoms with Crippen molar-refractivity contribution in [3.8, 4) is 10.6 Å². The van der Waals surface area contributed by atoms with Crippen molar-refractivity contribution in [2.24, 2.45) is 0 Å². The highest BCUT2D eigenvalue weighted by Gasteiger charge is 2.07. The molecule has 2 aromatic rings. The SMILES string of the molecule is CC(C)NCc1csc(-c2ccc(Br)c(F)c2)n1. The van der Waals surface area contributed by atoms with Crippen molar-refractivity contribution in [3.63, 3.8) is 0 Å². The number of nitrogens with zero attached hydrogens (tertiary/aromatic N) is 1. The molecular formula is C13H14BrFN2S. The first-order valence-corrected chi connectivity index (χ1v) is 7.36. The average molecular weight is 329 g/mol. The second-order valence-corrected chi connectivity index (χ2v) is 6.02. The number of nitrogens with one attached hydrogen (secondary N) is 1. The van der Waals surface area contributed by atoms with Gasteiger partial charge in [-0.1, -0.05) is 19.9 Å². The summed E-state index contributed by atoms with van der Waals surface area (Å²) < 4.78 is 13.9. The van der Waals surface area contributed by atoms with E-state index in [0.29, 0.717) is 10.5 Å². The first-order chi connectivity index (χ1) is 8.56. The number of hydrogen-bond acceptors (Lipinski definition) is 3. The second-order valence-electron chi connectivity index (χ2n) is 4.31. The van der Waals surface area contributed by atoms with Crippen LogP contribution in [0.2, 0.25) is 0 Å². The molecule has 0 spiro atoms. The Balaban J connectivity index is 2.16. The molecule has 1 N–H and O–H groups in total. The number of thiazole rings is 1. The predicted molar refractivity (Wildman–Crippen MR) is 77.2 cm³/mol. The second kappa shape index (κ2) is 5.91. The van der Waals surface area contributed by atoms with Crippen LogP contribution < -0.4 is 5.32 Å². The molecule has 2 rings (SSSR count). The number of rotatable bonds is 4. The lowest BCUT2D eigenvalue weighted by molar-refractivity contribution is 0.583. The third kappa shape index (κ3) is 3.37. The van der Waals surface area contributed by atoms with Crippen molar-refractivity contribution >= 4 is 27.3 Å². The Kier molecular flexibility index (Phi) is 4.48. The average Bonchev–Trinajstić information content (AvgIpc) is 2.79. The maximum absolute atomic E-state index is 13.4. The van der Waals surface area contributed by atoms with Gasteiger partial charge in [0.2, 0.25) is 0 Å². The van der Waals surface area contributed by atoms with Crippen molar-refractivity contribution in [1.29, 1.82) is 0 Å². The summed E-state index contributed by atoms with van der Waals surface area (Å²) in [5.74, 6) is -0.260. The van der Waals surface area contributed by atoms with Crippen molar-refractivity contribution in [3.05, 3.63) is 39.6 Å². The highest BCUT2D eigenvalue weighted by Crippen LogP contribution is 2.27. The number of halogens is 2. The normalized spacial score (nSPS) is 11.2. The van der Waals surface area contributed by atoms with Crippen LogP contribution in [0.3, 0.4) is 0 Å². The smallest absolute Gasteiger partial charge is 0.138 e. The van der Waals surface area contributed by atoms with Gasteiger partial charge < -0.3 is 5.32 Å². The molecule has 0 radical (unpaired) electrons. The quantitative estimate of drug-likeness (QED) is 0.909. The molecule has 0 fully saturated rings. The molecule has 1 heterocycles. The Morgan fingerprint density at radius 1 is 1.44 bits per heavy atom. The lowest BCUT2D eigenvalue weighted by Gasteiger charge is -2.04. The third-order valence-electron chi connectivity index (χ3n) is 2.41. The lowest BCUT2D eigenvalue weighted by Crippen LogP contribution is -2.21. The largest absolute Gasteiger partial charge is 0.309 e. The number of hydrogen-bond donors (Lipinski definition) is 1. The first kappa shape index (κ1) is 13.6. The van der Waals surface area contributed by atoms with Gasteiger partial charge in [0.1, 0.15) is 10.8 Å². The summed E-state index contributed by atoms with van der Waals surface area (Å²) in [7, 11) is 0. The lowest BCUT2D eigenvalue weighted by atomic mass is 10.2. The highest BCUT2D eigenvalue weighted by molar-refractivity contribution is 9.10. The van der Waals surface area contributed by atoms with Gasteiger partial charge in [0, 0.05) is 23.5 Å². The highest BCUT2D eigenvalue weighted by atomic mass is 79.9. The van der Waals surface area contributed by atoms with Crippen LogP contribution in [0.4, 0.5) is 4.39 Å². The van der Waals surface area contributed by atoms with E-state index >= 15 is 0 Å². The van der Waals surface area contributed by atoms with E-state index in [9.17, 15) is 4.39 Å². The van der Waals surface area contributed by atoms with Gasteiger partial charge in [-0.05, 0) is 28.1 Å². The summed E-state index contributed by atoms with van der Waals surface area (Å²) in [6.07, 6.45) is 0. The Morgan fingerprint density at radius 2 is 2.22 bits per heavy atom. The minimum absolute atomic E-state index is 0.260. The van der Waals surface area contributed by atoms with Crippen LogP contribution in [-0.4, -0.2) is 11.0 Å². The third-order valence-corrected chi connectivity index (χ3v) is 3.99. The van der Waals surface area contributed by atoms with Crippen molar-refractivity contribution in [2.45, 2.75) is 26.4 Å². The molecule has 0 aliphatic carbocycles. The van der Waals surface area contributed by atoms with E-state index < -0.39 is 0 Å². The van der Waals surface area contributed by atoms with Crippen LogP contribution in [0, 0.1) is 5.82 Å². The van der Waals surface area contributed by atoms with Crippen molar-refractivity contribution in [2.75, 3.05) is 0 Å². The Labute approximate surface area is 118 Å². The molecule has 0 amide bonds. The summed E-state index contributed by atoms with van der Waals surface area (Å²) in [4.78, 5) is 4.50. The van der Waals surface area contributed by atoms with Crippen LogP contribution in [0.5, 0.6) is 0 Å². The van der Waals surface area contributed by atoms with Crippen molar-refractivity contribution in [1.82, 2.24) is 10.3 Å². The van der Waals surface area contributed by atoms with E-state index in [1.165, 1.54) is 17.4 Å². The maximum atomic E-state index is 13.4. The van der Waals surface area contributed by atoms with E-state index in [4.69, 9.17) is 0 Å². The van der Waals surface area contributed by atoms with Crippen LogP contribution >= 0.6 is 27.3 Å². The van der Waals surface area contributed by atoms with Gasteiger partial charge in [-0.15, -0.1) is 11.3 Å². The summed E-state index contributed by atoms with van der Waals surface area (Å²) in [5.41, 5.74) is 1.81. The molecule has 96 valence electrons. The maximum Gasteiger partial charge on any atom is 0.138 e. The van der Waals surface area contributed by atoms with E-state index in [1.807, 2.05) is 11.4 Å². The fraction of sp³-hybridized carbons (Fsp3) is 0.308. The number of benzene rings is 1. The molecule has 1 aromatic carbocycles. The molecule has 2 nitrogen and oxygen atoms in total. The Morgan fingerprint density at radius 3 is 2.89 bits per heavy atom. The van der Waals surface area contributed by atoms with Gasteiger partial charge in [-0.2, -0.15) is 0 Å². The minimum atomic E-state index is -0.260. The van der Waals surface area contributed by atoms with Gasteiger partial charge in [-0.3, -0.25) is 0 Å². The van der Waals surface area contributed by atoms with Gasteiger partial charge in [-0.25, -0.2) is 9.37 Å². The summed E-state index contributed by atoms with van der Waals surface area (Å²) in [6.45, 7) is 4.93. The summed E-state index contributed by atoms with van der Waals surface area (Å²) in [5, 5.41) is 6.16.